The van der Waals surface area contributed by atoms with Crippen molar-refractivity contribution in [2.75, 3.05) is 25.5 Å². The van der Waals surface area contributed by atoms with E-state index < -0.39 is 0 Å². The Labute approximate surface area is 119 Å². The molecule has 2 heterocycles. The third kappa shape index (κ3) is 2.82. The van der Waals surface area contributed by atoms with E-state index in [1.807, 2.05) is 6.07 Å². The van der Waals surface area contributed by atoms with Crippen LogP contribution >= 0.6 is 0 Å². The second kappa shape index (κ2) is 5.63. The summed E-state index contributed by atoms with van der Waals surface area (Å²) in [6.45, 7) is 4.40. The first-order chi connectivity index (χ1) is 9.72. The average molecular weight is 272 g/mol. The number of hydrogen-bond acceptors (Lipinski definition) is 5. The molecular formula is C15H20N4O. The van der Waals surface area contributed by atoms with Crippen LogP contribution in [0, 0.1) is 6.92 Å². The van der Waals surface area contributed by atoms with Gasteiger partial charge in [-0.1, -0.05) is 6.07 Å². The van der Waals surface area contributed by atoms with E-state index in [1.54, 1.807) is 0 Å². The van der Waals surface area contributed by atoms with Gasteiger partial charge in [0.15, 0.2) is 0 Å². The van der Waals surface area contributed by atoms with Crippen molar-refractivity contribution in [3.63, 3.8) is 0 Å². The lowest BCUT2D eigenvalue weighted by Gasteiger charge is -2.31. The molecule has 5 heteroatoms. The van der Waals surface area contributed by atoms with Gasteiger partial charge in [0.1, 0.15) is 0 Å². The summed E-state index contributed by atoms with van der Waals surface area (Å²) >= 11 is 0. The molecule has 5 nitrogen and oxygen atoms in total. The van der Waals surface area contributed by atoms with Crippen molar-refractivity contribution in [1.82, 2.24) is 15.1 Å². The Morgan fingerprint density at radius 2 is 2.30 bits per heavy atom. The first-order valence-corrected chi connectivity index (χ1v) is 7.04. The molecule has 0 bridgehead atoms. The maximum Gasteiger partial charge on any atom is 0.247 e. The highest BCUT2D eigenvalue weighted by atomic mass is 16.4. The molecule has 3 rings (SSSR count). The van der Waals surface area contributed by atoms with E-state index in [0.717, 1.165) is 17.8 Å². The number of anilines is 1. The van der Waals surface area contributed by atoms with Gasteiger partial charge in [0.25, 0.3) is 0 Å². The Hall–Kier alpha value is -1.88. The number of rotatable bonds is 3. The number of nitrogens with zero attached hydrogens (tertiary/aromatic N) is 3. The number of benzene rings is 1. The number of hydrogen-bond donors (Lipinski definition) is 1. The van der Waals surface area contributed by atoms with Crippen LogP contribution < -0.4 is 5.32 Å². The molecule has 1 aliphatic heterocycles. The van der Waals surface area contributed by atoms with Crippen molar-refractivity contribution in [2.45, 2.75) is 25.8 Å². The third-order valence-corrected chi connectivity index (χ3v) is 3.83. The summed E-state index contributed by atoms with van der Waals surface area (Å²) in [5.41, 5.74) is 3.35. The summed E-state index contributed by atoms with van der Waals surface area (Å²) in [6.07, 6.45) is 3.82. The second-order valence-corrected chi connectivity index (χ2v) is 5.52. The predicted octanol–water partition coefficient (Wildman–Crippen LogP) is 2.55. The van der Waals surface area contributed by atoms with Crippen LogP contribution in [-0.2, 0) is 0 Å². The minimum absolute atomic E-state index is 0.505. The third-order valence-electron chi connectivity index (χ3n) is 3.83. The van der Waals surface area contributed by atoms with Gasteiger partial charge in [-0.05, 0) is 51.1 Å². The lowest BCUT2D eigenvalue weighted by Crippen LogP contribution is -2.39. The molecule has 1 N–H and O–H groups in total. The Morgan fingerprint density at radius 3 is 3.05 bits per heavy atom. The van der Waals surface area contributed by atoms with Crippen LogP contribution in [0.15, 0.2) is 29.0 Å². The molecular weight excluding hydrogens is 252 g/mol. The van der Waals surface area contributed by atoms with Gasteiger partial charge in [-0.25, -0.2) is 0 Å². The molecule has 0 radical (unpaired) electrons. The van der Waals surface area contributed by atoms with Gasteiger partial charge in [0, 0.05) is 23.8 Å². The molecule has 0 spiro atoms. The fourth-order valence-corrected chi connectivity index (χ4v) is 2.71. The monoisotopic (exact) mass is 272 g/mol. The molecule has 0 saturated carbocycles. The Morgan fingerprint density at radius 1 is 1.40 bits per heavy atom. The maximum atomic E-state index is 5.26. The van der Waals surface area contributed by atoms with Crippen molar-refractivity contribution in [1.29, 1.82) is 0 Å². The molecule has 1 aromatic heterocycles. The molecule has 1 atom stereocenters. The van der Waals surface area contributed by atoms with Crippen LogP contribution in [-0.4, -0.2) is 41.3 Å². The highest BCUT2D eigenvalue weighted by Gasteiger charge is 2.17. The van der Waals surface area contributed by atoms with E-state index in [-0.39, 0.29) is 0 Å². The quantitative estimate of drug-likeness (QED) is 0.930. The van der Waals surface area contributed by atoms with E-state index in [2.05, 4.69) is 46.5 Å². The SMILES string of the molecule is Cc1ccc(-c2nnco2)cc1NC1CCCN(C)C1. The van der Waals surface area contributed by atoms with Gasteiger partial charge >= 0.3 is 0 Å². The van der Waals surface area contributed by atoms with E-state index >= 15 is 0 Å². The minimum atomic E-state index is 0.505. The van der Waals surface area contributed by atoms with Crippen LogP contribution in [0.3, 0.4) is 0 Å². The molecule has 2 aromatic rings. The van der Waals surface area contributed by atoms with Gasteiger partial charge in [-0.15, -0.1) is 10.2 Å². The van der Waals surface area contributed by atoms with E-state index in [0.29, 0.717) is 11.9 Å². The van der Waals surface area contributed by atoms with Crippen LogP contribution in [0.1, 0.15) is 18.4 Å². The number of nitrogens with one attached hydrogen (secondary N) is 1. The van der Waals surface area contributed by atoms with Crippen molar-refractivity contribution in [3.8, 4) is 11.5 Å². The summed E-state index contributed by atoms with van der Waals surface area (Å²) in [5.74, 6) is 0.564. The number of aromatic nitrogens is 2. The summed E-state index contributed by atoms with van der Waals surface area (Å²) < 4.78 is 5.26. The summed E-state index contributed by atoms with van der Waals surface area (Å²) in [4.78, 5) is 2.37. The predicted molar refractivity (Wildman–Crippen MR) is 78.6 cm³/mol. The highest BCUT2D eigenvalue weighted by molar-refractivity contribution is 5.64. The molecule has 1 aromatic carbocycles. The molecule has 1 unspecified atom stereocenters. The van der Waals surface area contributed by atoms with Crippen LogP contribution in [0.25, 0.3) is 11.5 Å². The normalized spacial score (nSPS) is 20.0. The first kappa shape index (κ1) is 13.1. The Bertz CT molecular complexity index is 567. The van der Waals surface area contributed by atoms with Crippen LogP contribution in [0.4, 0.5) is 5.69 Å². The number of aryl methyl sites for hydroxylation is 1. The van der Waals surface area contributed by atoms with Gasteiger partial charge in [-0.2, -0.15) is 0 Å². The molecule has 106 valence electrons. The minimum Gasteiger partial charge on any atom is -0.423 e. The van der Waals surface area contributed by atoms with E-state index in [4.69, 9.17) is 4.42 Å². The number of likely N-dealkylation sites (tertiary alicyclic amines) is 1. The average Bonchev–Trinajstić information content (AvgIpc) is 2.95. The zero-order chi connectivity index (χ0) is 13.9. The van der Waals surface area contributed by atoms with E-state index in [9.17, 15) is 0 Å². The van der Waals surface area contributed by atoms with Crippen LogP contribution in [0.5, 0.6) is 0 Å². The largest absolute Gasteiger partial charge is 0.423 e. The zero-order valence-corrected chi connectivity index (χ0v) is 12.0. The van der Waals surface area contributed by atoms with Gasteiger partial charge in [0.05, 0.1) is 0 Å². The summed E-state index contributed by atoms with van der Waals surface area (Å²) in [6, 6.07) is 6.71. The van der Waals surface area contributed by atoms with E-state index in [1.165, 1.54) is 31.3 Å². The van der Waals surface area contributed by atoms with Crippen molar-refractivity contribution in [2.24, 2.45) is 0 Å². The van der Waals surface area contributed by atoms with Crippen molar-refractivity contribution < 1.29 is 4.42 Å². The zero-order valence-electron chi connectivity index (χ0n) is 12.0. The standard InChI is InChI=1S/C15H20N4O/c1-11-5-6-12(15-18-16-10-20-15)8-14(11)17-13-4-3-7-19(2)9-13/h5-6,8,10,13,17H,3-4,7,9H2,1-2H3. The molecule has 1 aliphatic rings. The van der Waals surface area contributed by atoms with Gasteiger partial charge < -0.3 is 14.6 Å². The molecule has 1 fully saturated rings. The Kier molecular flexibility index (Phi) is 3.69. The molecule has 20 heavy (non-hydrogen) atoms. The molecule has 0 amide bonds. The number of likely N-dealkylation sites (N-methyl/N-ethyl adjacent to an activating group) is 1. The number of piperidine rings is 1. The second-order valence-electron chi connectivity index (χ2n) is 5.52. The fourth-order valence-electron chi connectivity index (χ4n) is 2.71. The van der Waals surface area contributed by atoms with Crippen LogP contribution in [0.2, 0.25) is 0 Å². The van der Waals surface area contributed by atoms with Crippen molar-refractivity contribution >= 4 is 5.69 Å². The topological polar surface area (TPSA) is 54.2 Å². The summed E-state index contributed by atoms with van der Waals surface area (Å²) in [7, 11) is 2.18. The maximum absolute atomic E-state index is 5.26. The van der Waals surface area contributed by atoms with Crippen molar-refractivity contribution in [3.05, 3.63) is 30.2 Å². The molecule has 0 aliphatic carbocycles. The smallest absolute Gasteiger partial charge is 0.247 e. The summed E-state index contributed by atoms with van der Waals surface area (Å²) in [5, 5.41) is 11.3. The Balaban J connectivity index is 1.80. The molecule has 1 saturated heterocycles. The van der Waals surface area contributed by atoms with Gasteiger partial charge in [-0.3, -0.25) is 0 Å². The first-order valence-electron chi connectivity index (χ1n) is 7.04. The fraction of sp³-hybridized carbons (Fsp3) is 0.467. The van der Waals surface area contributed by atoms with Gasteiger partial charge in [0.2, 0.25) is 12.3 Å². The lowest BCUT2D eigenvalue weighted by molar-refractivity contribution is 0.261. The lowest BCUT2D eigenvalue weighted by atomic mass is 10.0. The highest BCUT2D eigenvalue weighted by Crippen LogP contribution is 2.25.